The minimum atomic E-state index is -1.52. The van der Waals surface area contributed by atoms with E-state index >= 15 is 0 Å². The lowest BCUT2D eigenvalue weighted by Gasteiger charge is -2.34. The number of Topliss-reactive ketones (excluding diaryl/α,β-unsaturated/α-hetero) is 1. The lowest BCUT2D eigenvalue weighted by atomic mass is 10.0. The number of thioether (sulfide) groups is 1. The van der Waals surface area contributed by atoms with Crippen molar-refractivity contribution in [3.8, 4) is 0 Å². The maximum Gasteiger partial charge on any atom is 0.326 e. The first-order valence-corrected chi connectivity index (χ1v) is 15.0. The van der Waals surface area contributed by atoms with Gasteiger partial charge in [-0.25, -0.2) is 9.59 Å². The fourth-order valence-electron chi connectivity index (χ4n) is 3.99. The number of carbonyl (C=O) groups is 8. The Bertz CT molecular complexity index is 1030. The van der Waals surface area contributed by atoms with Gasteiger partial charge in [0.2, 0.25) is 11.8 Å². The fraction of sp³-hybridized carbons (Fsp3) is 0.692. The van der Waals surface area contributed by atoms with Gasteiger partial charge in [0, 0.05) is 45.2 Å². The van der Waals surface area contributed by atoms with Crippen LogP contribution in [0.1, 0.15) is 51.9 Å². The monoisotopic (exact) mass is 649 g/mol. The standard InChI is InChI=1S/C26H43N5O12S/c1-15(13-44-5)30(3)24(39)19(12-22(36)37)31(4)23(38)17(27-2)8-6-16(33)7-9-18(25(40)41)28-26(42)29-20(43-14-32)10-11-21(34)35/h14-15,17-20,27H,6-13H2,1-5H3,(H,34,35)(H,36,37)(H,40,41)(H2,28,29,42)/t15-,17+,18+,19+,20-/m1/s1. The van der Waals surface area contributed by atoms with Crippen molar-refractivity contribution in [2.75, 3.05) is 33.2 Å². The molecule has 0 heterocycles. The largest absolute Gasteiger partial charge is 0.481 e. The highest BCUT2D eigenvalue weighted by Gasteiger charge is 2.35. The second kappa shape index (κ2) is 20.9. The molecule has 0 spiro atoms. The van der Waals surface area contributed by atoms with E-state index < -0.39 is 78.7 Å². The predicted molar refractivity (Wildman–Crippen MR) is 157 cm³/mol. The average molecular weight is 650 g/mol. The van der Waals surface area contributed by atoms with E-state index in [9.17, 15) is 48.6 Å². The zero-order valence-corrected chi connectivity index (χ0v) is 26.3. The Hall–Kier alpha value is -3.93. The normalized spacial score (nSPS) is 14.1. The molecule has 0 aliphatic carbocycles. The van der Waals surface area contributed by atoms with E-state index in [1.807, 2.05) is 6.26 Å². The number of carboxylic acids is 3. The molecule has 18 heteroatoms. The van der Waals surface area contributed by atoms with Gasteiger partial charge >= 0.3 is 23.9 Å². The molecule has 250 valence electrons. The van der Waals surface area contributed by atoms with Crippen LogP contribution in [0.3, 0.4) is 0 Å². The van der Waals surface area contributed by atoms with Crippen LogP contribution in [0, 0.1) is 0 Å². The van der Waals surface area contributed by atoms with Crippen molar-refractivity contribution < 1.29 is 58.4 Å². The van der Waals surface area contributed by atoms with Crippen molar-refractivity contribution in [1.82, 2.24) is 25.8 Å². The Kier molecular flexibility index (Phi) is 19.0. The van der Waals surface area contributed by atoms with E-state index in [1.165, 1.54) is 37.8 Å². The van der Waals surface area contributed by atoms with Crippen LogP contribution in [-0.2, 0) is 38.3 Å². The van der Waals surface area contributed by atoms with Crippen LogP contribution in [-0.4, -0.2) is 137 Å². The highest BCUT2D eigenvalue weighted by molar-refractivity contribution is 7.98. The molecule has 6 N–H and O–H groups in total. The number of amides is 4. The molecule has 0 aliphatic rings. The zero-order valence-electron chi connectivity index (χ0n) is 25.4. The molecule has 0 bridgehead atoms. The third-order valence-electron chi connectivity index (χ3n) is 6.69. The van der Waals surface area contributed by atoms with Crippen molar-refractivity contribution in [1.29, 1.82) is 0 Å². The molecule has 5 atom stereocenters. The topological polar surface area (TPSA) is 249 Å². The van der Waals surface area contributed by atoms with E-state index in [2.05, 4.69) is 20.7 Å². The minimum Gasteiger partial charge on any atom is -0.481 e. The molecule has 0 rings (SSSR count). The molecule has 0 fully saturated rings. The third-order valence-corrected chi connectivity index (χ3v) is 7.51. The number of ether oxygens (including phenoxy) is 1. The molecule has 44 heavy (non-hydrogen) atoms. The van der Waals surface area contributed by atoms with Gasteiger partial charge in [-0.15, -0.1) is 0 Å². The van der Waals surface area contributed by atoms with Crippen LogP contribution in [0.25, 0.3) is 0 Å². The number of urea groups is 1. The number of ketones is 1. The first-order chi connectivity index (χ1) is 20.6. The molecule has 0 saturated heterocycles. The summed E-state index contributed by atoms with van der Waals surface area (Å²) in [6.07, 6.45) is -1.59. The van der Waals surface area contributed by atoms with Gasteiger partial charge in [0.1, 0.15) is 17.9 Å². The SMILES string of the molecule is CN[C@@H](CCC(=O)CC[C@H](NC(=O)N[C@@H](CCC(=O)O)OC=O)C(=O)O)C(=O)N(C)[C@@H](CC(=O)O)C(=O)N(C)[C@H](C)CSC. The van der Waals surface area contributed by atoms with Gasteiger partial charge in [-0.2, -0.15) is 11.8 Å². The molecule has 0 aromatic rings. The number of carbonyl (C=O) groups excluding carboxylic acids is 5. The second-order valence-corrected chi connectivity index (χ2v) is 10.8. The van der Waals surface area contributed by atoms with Gasteiger partial charge in [-0.3, -0.25) is 28.8 Å². The van der Waals surface area contributed by atoms with E-state index in [4.69, 9.17) is 5.11 Å². The number of nitrogens with one attached hydrogen (secondary N) is 3. The third kappa shape index (κ3) is 15.0. The summed E-state index contributed by atoms with van der Waals surface area (Å²) in [6.45, 7) is 1.80. The molecular weight excluding hydrogens is 606 g/mol. The van der Waals surface area contributed by atoms with Crippen molar-refractivity contribution in [2.24, 2.45) is 0 Å². The maximum absolute atomic E-state index is 13.2. The lowest BCUT2D eigenvalue weighted by Crippen LogP contribution is -2.55. The summed E-state index contributed by atoms with van der Waals surface area (Å²) in [7, 11) is 4.31. The van der Waals surface area contributed by atoms with Gasteiger partial charge in [0.05, 0.1) is 18.9 Å². The highest BCUT2D eigenvalue weighted by atomic mass is 32.2. The molecule has 0 saturated carbocycles. The zero-order chi connectivity index (χ0) is 34.0. The summed E-state index contributed by atoms with van der Waals surface area (Å²) in [5.74, 6) is -4.91. The molecule has 0 radical (unpaired) electrons. The van der Waals surface area contributed by atoms with E-state index in [-0.39, 0.29) is 44.6 Å². The Morgan fingerprint density at radius 3 is 1.91 bits per heavy atom. The molecule has 0 aromatic carbocycles. The molecule has 0 unspecified atom stereocenters. The Balaban J connectivity index is 5.23. The number of nitrogens with zero attached hydrogens (tertiary/aromatic N) is 2. The number of carboxylic acid groups (broad SMARTS) is 3. The Labute approximate surface area is 259 Å². The quantitative estimate of drug-likeness (QED) is 0.0594. The molecule has 0 aromatic heterocycles. The Morgan fingerprint density at radius 2 is 1.43 bits per heavy atom. The van der Waals surface area contributed by atoms with Crippen LogP contribution in [0.2, 0.25) is 0 Å². The predicted octanol–water partition coefficient (Wildman–Crippen LogP) is -0.668. The van der Waals surface area contributed by atoms with E-state index in [0.29, 0.717) is 5.75 Å². The lowest BCUT2D eigenvalue weighted by molar-refractivity contribution is -0.150. The van der Waals surface area contributed by atoms with Crippen LogP contribution >= 0.6 is 11.8 Å². The minimum absolute atomic E-state index is 0.00298. The Morgan fingerprint density at radius 1 is 0.841 bits per heavy atom. The van der Waals surface area contributed by atoms with Crippen molar-refractivity contribution in [3.63, 3.8) is 0 Å². The van der Waals surface area contributed by atoms with Crippen molar-refractivity contribution in [3.05, 3.63) is 0 Å². The van der Waals surface area contributed by atoms with Crippen LogP contribution in [0.15, 0.2) is 0 Å². The number of hydrogen-bond acceptors (Lipinski definition) is 11. The molecule has 0 aliphatic heterocycles. The fourth-order valence-corrected chi connectivity index (χ4v) is 4.69. The van der Waals surface area contributed by atoms with E-state index in [1.54, 1.807) is 6.92 Å². The maximum atomic E-state index is 13.2. The highest BCUT2D eigenvalue weighted by Crippen LogP contribution is 2.15. The van der Waals surface area contributed by atoms with Gasteiger partial charge in [0.25, 0.3) is 6.47 Å². The van der Waals surface area contributed by atoms with Gasteiger partial charge < -0.3 is 45.8 Å². The summed E-state index contributed by atoms with van der Waals surface area (Å²) in [6, 6.07) is -5.04. The van der Waals surface area contributed by atoms with Gasteiger partial charge in [-0.05, 0) is 33.1 Å². The number of aliphatic carboxylic acids is 3. The van der Waals surface area contributed by atoms with E-state index in [0.717, 1.165) is 4.90 Å². The van der Waals surface area contributed by atoms with Gasteiger partial charge in [-0.1, -0.05) is 0 Å². The number of likely N-dealkylation sites (N-methyl/N-ethyl adjacent to an activating group) is 3. The van der Waals surface area contributed by atoms with Crippen LogP contribution in [0.5, 0.6) is 0 Å². The molecular formula is C26H43N5O12S. The molecule has 17 nitrogen and oxygen atoms in total. The second-order valence-electron chi connectivity index (χ2n) is 9.94. The number of rotatable bonds is 23. The molecule has 4 amide bonds. The smallest absolute Gasteiger partial charge is 0.326 e. The summed E-state index contributed by atoms with van der Waals surface area (Å²) in [5, 5.41) is 34.6. The van der Waals surface area contributed by atoms with Crippen LogP contribution < -0.4 is 16.0 Å². The number of hydrogen-bond donors (Lipinski definition) is 6. The van der Waals surface area contributed by atoms with Gasteiger partial charge in [0.15, 0.2) is 6.23 Å². The van der Waals surface area contributed by atoms with Crippen molar-refractivity contribution >= 4 is 59.8 Å². The average Bonchev–Trinajstić information content (AvgIpc) is 2.95. The summed E-state index contributed by atoms with van der Waals surface area (Å²) >= 11 is 1.51. The van der Waals surface area contributed by atoms with Crippen molar-refractivity contribution in [2.45, 2.75) is 82.3 Å². The first kappa shape index (κ1) is 40.1. The van der Waals surface area contributed by atoms with Crippen LogP contribution in [0.4, 0.5) is 4.79 Å². The summed E-state index contributed by atoms with van der Waals surface area (Å²) in [4.78, 5) is 97.9. The summed E-state index contributed by atoms with van der Waals surface area (Å²) < 4.78 is 4.58. The first-order valence-electron chi connectivity index (χ1n) is 13.6. The summed E-state index contributed by atoms with van der Waals surface area (Å²) in [5.41, 5.74) is 0.